The molecule has 0 saturated carbocycles. The Hall–Kier alpha value is -1.30. The number of carbonyl (C=O) groups is 1. The zero-order chi connectivity index (χ0) is 13.6. The van der Waals surface area contributed by atoms with Crippen LogP contribution in [0, 0.1) is 0 Å². The molecular weight excluding hydrogens is 234 g/mol. The molecule has 106 valence electrons. The van der Waals surface area contributed by atoms with Gasteiger partial charge in [-0.3, -0.25) is 9.79 Å². The summed E-state index contributed by atoms with van der Waals surface area (Å²) in [6.45, 7) is 6.99. The van der Waals surface area contributed by atoms with E-state index in [1.807, 2.05) is 6.92 Å². The van der Waals surface area contributed by atoms with Crippen molar-refractivity contribution in [2.45, 2.75) is 26.7 Å². The van der Waals surface area contributed by atoms with Crippen molar-refractivity contribution < 1.29 is 14.3 Å². The van der Waals surface area contributed by atoms with Crippen LogP contribution in [0.2, 0.25) is 0 Å². The lowest BCUT2D eigenvalue weighted by Gasteiger charge is -2.10. The van der Waals surface area contributed by atoms with Crippen LogP contribution >= 0.6 is 0 Å². The van der Waals surface area contributed by atoms with Gasteiger partial charge in [-0.05, 0) is 20.3 Å². The SMILES string of the molecule is CCNC(=NCCCC(=O)OCC)NCCOC. The van der Waals surface area contributed by atoms with Crippen LogP contribution in [0.4, 0.5) is 0 Å². The Balaban J connectivity index is 3.81. The highest BCUT2D eigenvalue weighted by atomic mass is 16.5. The minimum absolute atomic E-state index is 0.162. The molecular formula is C12H25N3O3. The number of methoxy groups -OCH3 is 1. The maximum Gasteiger partial charge on any atom is 0.305 e. The number of hydrogen-bond donors (Lipinski definition) is 2. The number of rotatable bonds is 9. The molecule has 6 nitrogen and oxygen atoms in total. The molecule has 0 unspecified atom stereocenters. The molecule has 0 radical (unpaired) electrons. The van der Waals surface area contributed by atoms with Crippen molar-refractivity contribution in [2.75, 3.05) is 40.0 Å². The summed E-state index contributed by atoms with van der Waals surface area (Å²) in [7, 11) is 1.66. The van der Waals surface area contributed by atoms with E-state index in [0.717, 1.165) is 12.5 Å². The van der Waals surface area contributed by atoms with E-state index in [-0.39, 0.29) is 5.97 Å². The lowest BCUT2D eigenvalue weighted by atomic mass is 10.3. The number of aliphatic imine (C=N–C) groups is 1. The van der Waals surface area contributed by atoms with E-state index < -0.39 is 0 Å². The van der Waals surface area contributed by atoms with E-state index in [9.17, 15) is 4.79 Å². The molecule has 0 heterocycles. The maximum atomic E-state index is 11.1. The second-order valence-corrected chi connectivity index (χ2v) is 3.59. The lowest BCUT2D eigenvalue weighted by molar-refractivity contribution is -0.143. The smallest absolute Gasteiger partial charge is 0.305 e. The Morgan fingerprint density at radius 3 is 2.67 bits per heavy atom. The predicted molar refractivity (Wildman–Crippen MR) is 71.7 cm³/mol. The molecule has 2 N–H and O–H groups in total. The largest absolute Gasteiger partial charge is 0.466 e. The average molecular weight is 259 g/mol. The second kappa shape index (κ2) is 12.2. The highest BCUT2D eigenvalue weighted by Gasteiger charge is 2.01. The number of nitrogens with one attached hydrogen (secondary N) is 2. The van der Waals surface area contributed by atoms with Crippen LogP contribution in [0.1, 0.15) is 26.7 Å². The fraction of sp³-hybridized carbons (Fsp3) is 0.833. The third kappa shape index (κ3) is 9.89. The number of esters is 1. The number of carbonyl (C=O) groups excluding carboxylic acids is 1. The van der Waals surface area contributed by atoms with Gasteiger partial charge in [-0.15, -0.1) is 0 Å². The van der Waals surface area contributed by atoms with Gasteiger partial charge in [-0.1, -0.05) is 0 Å². The van der Waals surface area contributed by atoms with E-state index in [0.29, 0.717) is 39.1 Å². The molecule has 0 bridgehead atoms. The quantitative estimate of drug-likeness (QED) is 0.273. The summed E-state index contributed by atoms with van der Waals surface area (Å²) in [5.41, 5.74) is 0. The Morgan fingerprint density at radius 1 is 1.28 bits per heavy atom. The van der Waals surface area contributed by atoms with E-state index in [2.05, 4.69) is 15.6 Å². The molecule has 0 aliphatic rings. The molecule has 0 amide bonds. The molecule has 0 spiro atoms. The third-order valence-electron chi connectivity index (χ3n) is 2.06. The van der Waals surface area contributed by atoms with Crippen LogP contribution in [-0.2, 0) is 14.3 Å². The Labute approximate surface area is 109 Å². The van der Waals surface area contributed by atoms with Crippen molar-refractivity contribution in [1.29, 1.82) is 0 Å². The van der Waals surface area contributed by atoms with Gasteiger partial charge in [0.2, 0.25) is 0 Å². The van der Waals surface area contributed by atoms with Gasteiger partial charge in [0.25, 0.3) is 0 Å². The zero-order valence-corrected chi connectivity index (χ0v) is 11.6. The number of ether oxygens (including phenoxy) is 2. The maximum absolute atomic E-state index is 11.1. The van der Waals surface area contributed by atoms with Crippen LogP contribution in [0.15, 0.2) is 4.99 Å². The van der Waals surface area contributed by atoms with Crippen molar-refractivity contribution in [2.24, 2.45) is 4.99 Å². The number of guanidine groups is 1. The summed E-state index contributed by atoms with van der Waals surface area (Å²) < 4.78 is 9.79. The van der Waals surface area contributed by atoms with Gasteiger partial charge in [-0.2, -0.15) is 0 Å². The standard InChI is InChI=1S/C12H25N3O3/c1-4-13-12(15-9-10-17-3)14-8-6-7-11(16)18-5-2/h4-10H2,1-3H3,(H2,13,14,15). The minimum Gasteiger partial charge on any atom is -0.466 e. The second-order valence-electron chi connectivity index (χ2n) is 3.59. The summed E-state index contributed by atoms with van der Waals surface area (Å²) in [5, 5.41) is 6.25. The predicted octanol–water partition coefficient (Wildman–Crippen LogP) is 0.531. The van der Waals surface area contributed by atoms with Gasteiger partial charge in [0, 0.05) is 33.2 Å². The van der Waals surface area contributed by atoms with Gasteiger partial charge in [0.15, 0.2) is 5.96 Å². The Bertz CT molecular complexity index is 245. The molecule has 18 heavy (non-hydrogen) atoms. The fourth-order valence-electron chi connectivity index (χ4n) is 1.26. The van der Waals surface area contributed by atoms with Crippen LogP contribution in [-0.4, -0.2) is 51.9 Å². The van der Waals surface area contributed by atoms with Gasteiger partial charge < -0.3 is 20.1 Å². The highest BCUT2D eigenvalue weighted by Crippen LogP contribution is 1.93. The number of hydrogen-bond acceptors (Lipinski definition) is 4. The molecule has 0 aromatic heterocycles. The zero-order valence-electron chi connectivity index (χ0n) is 11.6. The molecule has 0 saturated heterocycles. The van der Waals surface area contributed by atoms with Gasteiger partial charge >= 0.3 is 5.97 Å². The lowest BCUT2D eigenvalue weighted by Crippen LogP contribution is -2.39. The first-order chi connectivity index (χ1) is 8.74. The summed E-state index contributed by atoms with van der Waals surface area (Å²) >= 11 is 0. The molecule has 0 fully saturated rings. The molecule has 0 rings (SSSR count). The molecule has 0 aliphatic heterocycles. The van der Waals surface area contributed by atoms with Crippen LogP contribution in [0.3, 0.4) is 0 Å². The molecule has 0 atom stereocenters. The molecule has 6 heteroatoms. The van der Waals surface area contributed by atoms with Crippen LogP contribution < -0.4 is 10.6 Å². The fourth-order valence-corrected chi connectivity index (χ4v) is 1.26. The minimum atomic E-state index is -0.162. The van der Waals surface area contributed by atoms with Crippen molar-refractivity contribution in [3.8, 4) is 0 Å². The van der Waals surface area contributed by atoms with Crippen molar-refractivity contribution >= 4 is 11.9 Å². The molecule has 0 aliphatic carbocycles. The first-order valence-electron chi connectivity index (χ1n) is 6.41. The summed E-state index contributed by atoms with van der Waals surface area (Å²) in [6, 6.07) is 0. The third-order valence-corrected chi connectivity index (χ3v) is 2.06. The van der Waals surface area contributed by atoms with Gasteiger partial charge in [0.05, 0.1) is 13.2 Å². The van der Waals surface area contributed by atoms with E-state index in [4.69, 9.17) is 9.47 Å². The summed E-state index contributed by atoms with van der Waals surface area (Å²) in [4.78, 5) is 15.5. The van der Waals surface area contributed by atoms with Crippen molar-refractivity contribution in [1.82, 2.24) is 10.6 Å². The topological polar surface area (TPSA) is 72.0 Å². The van der Waals surface area contributed by atoms with Crippen LogP contribution in [0.5, 0.6) is 0 Å². The van der Waals surface area contributed by atoms with E-state index in [1.165, 1.54) is 0 Å². The van der Waals surface area contributed by atoms with Crippen LogP contribution in [0.25, 0.3) is 0 Å². The summed E-state index contributed by atoms with van der Waals surface area (Å²) in [6.07, 6.45) is 1.11. The van der Waals surface area contributed by atoms with Gasteiger partial charge in [-0.25, -0.2) is 0 Å². The normalized spacial score (nSPS) is 11.2. The highest BCUT2D eigenvalue weighted by molar-refractivity contribution is 5.79. The van der Waals surface area contributed by atoms with Crippen molar-refractivity contribution in [3.05, 3.63) is 0 Å². The average Bonchev–Trinajstić information content (AvgIpc) is 2.35. The monoisotopic (exact) mass is 259 g/mol. The first-order valence-corrected chi connectivity index (χ1v) is 6.41. The van der Waals surface area contributed by atoms with Gasteiger partial charge in [0.1, 0.15) is 0 Å². The van der Waals surface area contributed by atoms with E-state index in [1.54, 1.807) is 14.0 Å². The van der Waals surface area contributed by atoms with Crippen molar-refractivity contribution in [3.63, 3.8) is 0 Å². The first kappa shape index (κ1) is 16.7. The molecule has 0 aromatic carbocycles. The molecule has 0 aromatic rings. The van der Waals surface area contributed by atoms with E-state index >= 15 is 0 Å². The Morgan fingerprint density at radius 2 is 2.06 bits per heavy atom. The summed E-state index contributed by atoms with van der Waals surface area (Å²) in [5.74, 6) is 0.587. The number of nitrogens with zero attached hydrogens (tertiary/aromatic N) is 1. The Kier molecular flexibility index (Phi) is 11.3.